The SMILES string of the molecule is OCc1cc(Cl)c2oc(-c3cccc(OB(O)O)c3Cl)nc2c1. The molecule has 9 heteroatoms. The number of halogens is 2. The molecular formula is C14H10BCl2NO5. The minimum absolute atomic E-state index is 0.0727. The van der Waals surface area contributed by atoms with Gasteiger partial charge < -0.3 is 24.2 Å². The first-order chi connectivity index (χ1) is 11.0. The summed E-state index contributed by atoms with van der Waals surface area (Å²) in [5, 5.41) is 27.4. The van der Waals surface area contributed by atoms with Crippen LogP contribution in [0.25, 0.3) is 22.6 Å². The fourth-order valence-corrected chi connectivity index (χ4v) is 2.66. The third-order valence-corrected chi connectivity index (χ3v) is 3.78. The van der Waals surface area contributed by atoms with Gasteiger partial charge in [0.15, 0.2) is 5.58 Å². The number of aliphatic hydroxyl groups excluding tert-OH is 1. The summed E-state index contributed by atoms with van der Waals surface area (Å²) in [5.74, 6) is 0.267. The van der Waals surface area contributed by atoms with E-state index in [-0.39, 0.29) is 23.3 Å². The van der Waals surface area contributed by atoms with Crippen LogP contribution in [0.3, 0.4) is 0 Å². The van der Waals surface area contributed by atoms with Crippen molar-refractivity contribution in [3.8, 4) is 17.2 Å². The number of benzene rings is 2. The van der Waals surface area contributed by atoms with Gasteiger partial charge in [0, 0.05) is 0 Å². The molecule has 1 heterocycles. The Morgan fingerprint density at radius 1 is 1.22 bits per heavy atom. The topological polar surface area (TPSA) is 96.0 Å². The number of aliphatic hydroxyl groups is 1. The van der Waals surface area contributed by atoms with Gasteiger partial charge in [0.1, 0.15) is 11.3 Å². The van der Waals surface area contributed by atoms with Gasteiger partial charge in [-0.1, -0.05) is 29.3 Å². The molecule has 6 nitrogen and oxygen atoms in total. The molecule has 0 spiro atoms. The Labute approximate surface area is 141 Å². The van der Waals surface area contributed by atoms with E-state index >= 15 is 0 Å². The van der Waals surface area contributed by atoms with Gasteiger partial charge in [0.25, 0.3) is 0 Å². The summed E-state index contributed by atoms with van der Waals surface area (Å²) in [7, 11) is -1.99. The number of oxazole rings is 1. The van der Waals surface area contributed by atoms with Crippen molar-refractivity contribution in [1.82, 2.24) is 4.98 Å². The summed E-state index contributed by atoms with van der Waals surface area (Å²) in [5.41, 5.74) is 1.85. The van der Waals surface area contributed by atoms with Gasteiger partial charge in [-0.2, -0.15) is 0 Å². The van der Waals surface area contributed by atoms with Crippen molar-refractivity contribution in [2.45, 2.75) is 6.61 Å². The van der Waals surface area contributed by atoms with Crippen molar-refractivity contribution < 1.29 is 24.2 Å². The molecule has 0 fully saturated rings. The number of nitrogens with zero attached hydrogens (tertiary/aromatic N) is 1. The first-order valence-corrected chi connectivity index (χ1v) is 7.26. The predicted octanol–water partition coefficient (Wildman–Crippen LogP) is 2.64. The van der Waals surface area contributed by atoms with Crippen LogP contribution in [0.5, 0.6) is 5.75 Å². The van der Waals surface area contributed by atoms with E-state index in [1.54, 1.807) is 24.3 Å². The molecule has 0 aliphatic heterocycles. The van der Waals surface area contributed by atoms with Crippen LogP contribution in [0.4, 0.5) is 0 Å². The summed E-state index contributed by atoms with van der Waals surface area (Å²) in [6, 6.07) is 7.96. The maximum Gasteiger partial charge on any atom is 0.707 e. The molecule has 0 radical (unpaired) electrons. The minimum atomic E-state index is -1.99. The second-order valence-electron chi connectivity index (χ2n) is 4.66. The lowest BCUT2D eigenvalue weighted by Crippen LogP contribution is -2.20. The van der Waals surface area contributed by atoms with Crippen LogP contribution in [0.15, 0.2) is 34.7 Å². The second kappa shape index (κ2) is 6.39. The van der Waals surface area contributed by atoms with Gasteiger partial charge in [-0.15, -0.1) is 0 Å². The van der Waals surface area contributed by atoms with Crippen molar-refractivity contribution in [2.24, 2.45) is 0 Å². The monoisotopic (exact) mass is 353 g/mol. The van der Waals surface area contributed by atoms with E-state index in [0.29, 0.717) is 27.2 Å². The molecule has 23 heavy (non-hydrogen) atoms. The molecule has 0 aliphatic rings. The number of fused-ring (bicyclic) bond motifs is 1. The van der Waals surface area contributed by atoms with Crippen LogP contribution >= 0.6 is 23.2 Å². The van der Waals surface area contributed by atoms with Crippen LogP contribution in [0.1, 0.15) is 5.56 Å². The van der Waals surface area contributed by atoms with E-state index in [0.717, 1.165) is 0 Å². The van der Waals surface area contributed by atoms with Gasteiger partial charge in [-0.05, 0) is 29.8 Å². The third-order valence-electron chi connectivity index (χ3n) is 3.11. The lowest BCUT2D eigenvalue weighted by molar-refractivity contribution is 0.282. The Balaban J connectivity index is 2.12. The average molecular weight is 354 g/mol. The molecule has 0 bridgehead atoms. The van der Waals surface area contributed by atoms with Crippen molar-refractivity contribution in [2.75, 3.05) is 0 Å². The molecule has 3 rings (SSSR count). The molecule has 118 valence electrons. The normalized spacial score (nSPS) is 11.0. The molecule has 1 aromatic heterocycles. The highest BCUT2D eigenvalue weighted by Crippen LogP contribution is 2.37. The van der Waals surface area contributed by atoms with Crippen molar-refractivity contribution in [1.29, 1.82) is 0 Å². The van der Waals surface area contributed by atoms with Gasteiger partial charge in [0.2, 0.25) is 5.89 Å². The van der Waals surface area contributed by atoms with Crippen LogP contribution in [0, 0.1) is 0 Å². The Morgan fingerprint density at radius 2 is 2.00 bits per heavy atom. The van der Waals surface area contributed by atoms with E-state index in [2.05, 4.69) is 4.98 Å². The van der Waals surface area contributed by atoms with Crippen molar-refractivity contribution in [3.63, 3.8) is 0 Å². The fourth-order valence-electron chi connectivity index (χ4n) is 2.13. The Bertz CT molecular complexity index is 868. The molecule has 0 saturated heterocycles. The highest BCUT2D eigenvalue weighted by Gasteiger charge is 2.19. The Hall–Kier alpha value is -1.77. The molecule has 0 atom stereocenters. The molecule has 0 saturated carbocycles. The zero-order chi connectivity index (χ0) is 16.6. The predicted molar refractivity (Wildman–Crippen MR) is 86.2 cm³/mol. The number of hydrogen-bond donors (Lipinski definition) is 3. The minimum Gasteiger partial charge on any atom is -0.511 e. The molecular weight excluding hydrogens is 344 g/mol. The number of rotatable bonds is 4. The highest BCUT2D eigenvalue weighted by atomic mass is 35.5. The molecule has 3 N–H and O–H groups in total. The zero-order valence-corrected chi connectivity index (χ0v) is 13.0. The summed E-state index contributed by atoms with van der Waals surface area (Å²) in [4.78, 5) is 4.31. The van der Waals surface area contributed by atoms with E-state index in [9.17, 15) is 5.11 Å². The van der Waals surface area contributed by atoms with Crippen molar-refractivity contribution in [3.05, 3.63) is 45.9 Å². The molecule has 0 unspecified atom stereocenters. The van der Waals surface area contributed by atoms with E-state index in [1.165, 1.54) is 6.07 Å². The maximum atomic E-state index is 9.21. The summed E-state index contributed by atoms with van der Waals surface area (Å²) < 4.78 is 10.4. The van der Waals surface area contributed by atoms with E-state index in [4.69, 9.17) is 42.3 Å². The molecule has 2 aromatic carbocycles. The Morgan fingerprint density at radius 3 is 2.70 bits per heavy atom. The first kappa shape index (κ1) is 16.1. The molecule has 0 aliphatic carbocycles. The largest absolute Gasteiger partial charge is 0.707 e. The molecule has 0 amide bonds. The number of aromatic nitrogens is 1. The fraction of sp³-hybridized carbons (Fsp3) is 0.0714. The third kappa shape index (κ3) is 3.15. The first-order valence-electron chi connectivity index (χ1n) is 6.51. The van der Waals surface area contributed by atoms with Crippen LogP contribution in [-0.2, 0) is 6.61 Å². The quantitative estimate of drug-likeness (QED) is 0.624. The number of hydrogen-bond acceptors (Lipinski definition) is 6. The van der Waals surface area contributed by atoms with Crippen LogP contribution in [0.2, 0.25) is 10.0 Å². The molecule has 3 aromatic rings. The standard InChI is InChI=1S/C14H10BCl2NO5/c16-9-4-7(6-19)5-10-13(9)22-14(18-10)8-2-1-3-11(12(8)17)23-15(20)21/h1-5,19-21H,6H2. The lowest BCUT2D eigenvalue weighted by atomic mass is 10.2. The van der Waals surface area contributed by atoms with E-state index < -0.39 is 7.32 Å². The maximum absolute atomic E-state index is 9.21. The van der Waals surface area contributed by atoms with Gasteiger partial charge in [0.05, 0.1) is 22.2 Å². The second-order valence-corrected chi connectivity index (χ2v) is 5.45. The highest BCUT2D eigenvalue weighted by molar-refractivity contribution is 6.37. The lowest BCUT2D eigenvalue weighted by Gasteiger charge is -2.08. The average Bonchev–Trinajstić information content (AvgIpc) is 2.93. The Kier molecular flexibility index (Phi) is 4.47. The summed E-state index contributed by atoms with van der Waals surface area (Å²) in [6.07, 6.45) is 0. The summed E-state index contributed by atoms with van der Waals surface area (Å²) in [6.45, 7) is -0.170. The van der Waals surface area contributed by atoms with Crippen molar-refractivity contribution >= 4 is 41.6 Å². The zero-order valence-electron chi connectivity index (χ0n) is 11.5. The van der Waals surface area contributed by atoms with Gasteiger partial charge >= 0.3 is 7.32 Å². The van der Waals surface area contributed by atoms with E-state index in [1.807, 2.05) is 0 Å². The van der Waals surface area contributed by atoms with Crippen LogP contribution < -0.4 is 4.65 Å². The smallest absolute Gasteiger partial charge is 0.511 e. The van der Waals surface area contributed by atoms with Crippen LogP contribution in [-0.4, -0.2) is 27.5 Å². The van der Waals surface area contributed by atoms with Gasteiger partial charge in [-0.3, -0.25) is 0 Å². The summed E-state index contributed by atoms with van der Waals surface area (Å²) >= 11 is 12.3. The van der Waals surface area contributed by atoms with Gasteiger partial charge in [-0.25, -0.2) is 4.98 Å².